The number of benzene rings is 5. The second-order valence-corrected chi connectivity index (χ2v) is 16.2. The van der Waals surface area contributed by atoms with E-state index in [9.17, 15) is 18.0 Å². The van der Waals surface area contributed by atoms with Crippen molar-refractivity contribution < 1.29 is 37.0 Å². The molecule has 5 aromatic carbocycles. The third-order valence-corrected chi connectivity index (χ3v) is 9.62. The molecule has 0 radical (unpaired) electrons. The molecule has 0 saturated carbocycles. The number of anilines is 2. The van der Waals surface area contributed by atoms with Gasteiger partial charge in [0.05, 0.1) is 51.2 Å². The number of rotatable bonds is 20. The number of Topliss-reactive ketones (excluding diaryl/α,β-unsaturated/α-hetero) is 1. The number of amides is 1. The molecule has 0 unspecified atom stereocenters. The quantitative estimate of drug-likeness (QED) is 0.0470. The molecule has 12 heteroatoms. The lowest BCUT2D eigenvalue weighted by Gasteiger charge is -2.24. The van der Waals surface area contributed by atoms with E-state index >= 15 is 0 Å². The zero-order valence-electron chi connectivity index (χ0n) is 32.7. The molecule has 1 amide bonds. The van der Waals surface area contributed by atoms with Gasteiger partial charge in [0.2, 0.25) is 10.0 Å². The molecule has 0 saturated heterocycles. The largest absolute Gasteiger partial charge is 0.492 e. The molecular weight excluding hydrogens is 731 g/mol. The fraction of sp³-hybridized carbons (Fsp3) is 0.318. The summed E-state index contributed by atoms with van der Waals surface area (Å²) in [6, 6.07) is 34.0. The SMILES string of the molecule is COc1c(NC(=O)C(=O)c2ccc(OCCN(CCOCc3ccccc3)CCOCc3ccccc3)c3ccccc23)cc(C(C)(C)C)cc1NS(C)(=O)=O. The zero-order chi connectivity index (χ0) is 40.1. The van der Waals surface area contributed by atoms with Crippen LogP contribution in [0.3, 0.4) is 0 Å². The van der Waals surface area contributed by atoms with Crippen LogP contribution in [0.25, 0.3) is 10.8 Å². The smallest absolute Gasteiger partial charge is 0.296 e. The maximum Gasteiger partial charge on any atom is 0.296 e. The number of methoxy groups -OCH3 is 1. The Balaban J connectivity index is 1.27. The molecule has 0 heterocycles. The second-order valence-electron chi connectivity index (χ2n) is 14.4. The predicted molar refractivity (Wildman–Crippen MR) is 221 cm³/mol. The molecule has 0 aliphatic heterocycles. The number of ketones is 1. The third-order valence-electron chi connectivity index (χ3n) is 9.03. The molecule has 0 aromatic heterocycles. The number of nitrogens with zero attached hydrogens (tertiary/aromatic N) is 1. The van der Waals surface area contributed by atoms with E-state index in [0.29, 0.717) is 69.2 Å². The highest BCUT2D eigenvalue weighted by Gasteiger charge is 2.25. The summed E-state index contributed by atoms with van der Waals surface area (Å²) in [6.07, 6.45) is 1.03. The van der Waals surface area contributed by atoms with Gasteiger partial charge in [0.25, 0.3) is 11.7 Å². The molecule has 0 fully saturated rings. The number of nitrogens with one attached hydrogen (secondary N) is 2. The van der Waals surface area contributed by atoms with Crippen molar-refractivity contribution in [1.82, 2.24) is 4.90 Å². The van der Waals surface area contributed by atoms with E-state index < -0.39 is 27.1 Å². The standard InChI is InChI=1S/C44H51N3O8S/c1-44(2,3)34-28-38(42(52-4)39(29-34)46-56(5,50)51)45-43(49)41(48)37-20-21-40(36-19-13-12-18-35(36)37)55-27-24-47(22-25-53-30-32-14-8-6-9-15-32)23-26-54-31-33-16-10-7-11-17-33/h6-21,28-29,46H,22-27,30-31H2,1-5H3,(H,45,49). The average molecular weight is 782 g/mol. The number of carbonyl (C=O) groups is 2. The van der Waals surface area contributed by atoms with Crippen molar-refractivity contribution in [2.45, 2.75) is 39.4 Å². The Morgan fingerprint density at radius 3 is 1.79 bits per heavy atom. The van der Waals surface area contributed by atoms with Gasteiger partial charge in [-0.1, -0.05) is 106 Å². The Hall–Kier alpha value is -5.27. The highest BCUT2D eigenvalue weighted by atomic mass is 32.2. The first-order valence-electron chi connectivity index (χ1n) is 18.5. The number of sulfonamides is 1. The normalized spacial score (nSPS) is 11.8. The maximum atomic E-state index is 13.8. The molecule has 0 aliphatic rings. The number of carbonyl (C=O) groups excluding carboxylic acids is 2. The lowest BCUT2D eigenvalue weighted by atomic mass is 9.86. The lowest BCUT2D eigenvalue weighted by molar-refractivity contribution is -0.112. The van der Waals surface area contributed by atoms with E-state index in [4.69, 9.17) is 18.9 Å². The summed E-state index contributed by atoms with van der Waals surface area (Å²) in [5.74, 6) is -1.02. The molecule has 296 valence electrons. The Labute approximate surface area is 330 Å². The van der Waals surface area contributed by atoms with Gasteiger partial charge in [-0.05, 0) is 51.8 Å². The Morgan fingerprint density at radius 1 is 0.696 bits per heavy atom. The van der Waals surface area contributed by atoms with Crippen LogP contribution < -0.4 is 19.5 Å². The number of hydrogen-bond acceptors (Lipinski definition) is 9. The maximum absolute atomic E-state index is 13.8. The van der Waals surface area contributed by atoms with Crippen LogP contribution in [0, 0.1) is 0 Å². The molecule has 0 atom stereocenters. The highest BCUT2D eigenvalue weighted by Crippen LogP contribution is 2.39. The molecule has 2 N–H and O–H groups in total. The summed E-state index contributed by atoms with van der Waals surface area (Å²) in [4.78, 5) is 29.6. The second kappa shape index (κ2) is 19.5. The topological polar surface area (TPSA) is 132 Å². The van der Waals surface area contributed by atoms with Crippen LogP contribution in [0.1, 0.15) is 47.8 Å². The van der Waals surface area contributed by atoms with E-state index in [1.54, 1.807) is 36.4 Å². The van der Waals surface area contributed by atoms with E-state index in [-0.39, 0.29) is 22.7 Å². The van der Waals surface area contributed by atoms with Crippen molar-refractivity contribution in [3.05, 3.63) is 131 Å². The van der Waals surface area contributed by atoms with Gasteiger partial charge < -0.3 is 24.3 Å². The van der Waals surface area contributed by atoms with Crippen molar-refractivity contribution in [3.8, 4) is 11.5 Å². The van der Waals surface area contributed by atoms with E-state index in [1.807, 2.05) is 93.6 Å². The Kier molecular flexibility index (Phi) is 14.6. The van der Waals surface area contributed by atoms with Gasteiger partial charge in [0.1, 0.15) is 12.4 Å². The van der Waals surface area contributed by atoms with E-state index in [1.165, 1.54) is 7.11 Å². The molecule has 0 spiro atoms. The van der Waals surface area contributed by atoms with Gasteiger partial charge in [-0.2, -0.15) is 0 Å². The molecule has 5 aromatic rings. The Bertz CT molecular complexity index is 2140. The minimum absolute atomic E-state index is 0.0812. The zero-order valence-corrected chi connectivity index (χ0v) is 33.5. The van der Waals surface area contributed by atoms with Gasteiger partial charge in [-0.3, -0.25) is 19.2 Å². The molecule has 56 heavy (non-hydrogen) atoms. The highest BCUT2D eigenvalue weighted by molar-refractivity contribution is 7.92. The first-order chi connectivity index (χ1) is 26.8. The molecule has 11 nitrogen and oxygen atoms in total. The first kappa shape index (κ1) is 41.9. The van der Waals surface area contributed by atoms with Crippen molar-refractivity contribution in [3.63, 3.8) is 0 Å². The van der Waals surface area contributed by atoms with Gasteiger partial charge in [-0.15, -0.1) is 0 Å². The minimum Gasteiger partial charge on any atom is -0.492 e. The van der Waals surface area contributed by atoms with Crippen molar-refractivity contribution in [1.29, 1.82) is 0 Å². The monoisotopic (exact) mass is 781 g/mol. The number of fused-ring (bicyclic) bond motifs is 1. The fourth-order valence-electron chi connectivity index (χ4n) is 6.08. The van der Waals surface area contributed by atoms with Crippen LogP contribution in [-0.2, 0) is 42.9 Å². The van der Waals surface area contributed by atoms with Gasteiger partial charge in [-0.25, -0.2) is 8.42 Å². The summed E-state index contributed by atoms with van der Waals surface area (Å²) in [6.45, 7) is 10.3. The van der Waals surface area contributed by atoms with Crippen molar-refractivity contribution in [2.24, 2.45) is 0 Å². The predicted octanol–water partition coefficient (Wildman–Crippen LogP) is 7.45. The van der Waals surface area contributed by atoms with Crippen molar-refractivity contribution in [2.75, 3.05) is 62.9 Å². The summed E-state index contributed by atoms with van der Waals surface area (Å²) in [7, 11) is -2.32. The summed E-state index contributed by atoms with van der Waals surface area (Å²) >= 11 is 0. The number of hydrogen-bond donors (Lipinski definition) is 2. The fourth-order valence-corrected chi connectivity index (χ4v) is 6.63. The molecule has 0 bridgehead atoms. The Morgan fingerprint density at radius 2 is 1.23 bits per heavy atom. The van der Waals surface area contributed by atoms with Gasteiger partial charge >= 0.3 is 0 Å². The van der Waals surface area contributed by atoms with Crippen LogP contribution in [0.2, 0.25) is 0 Å². The summed E-state index contributed by atoms with van der Waals surface area (Å²) < 4.78 is 50.6. The third kappa shape index (κ3) is 12.1. The minimum atomic E-state index is -3.68. The first-order valence-corrected chi connectivity index (χ1v) is 20.4. The van der Waals surface area contributed by atoms with Gasteiger partial charge in [0, 0.05) is 30.6 Å². The average Bonchev–Trinajstić information content (AvgIpc) is 3.17. The summed E-state index contributed by atoms with van der Waals surface area (Å²) in [5.41, 5.74) is 3.04. The van der Waals surface area contributed by atoms with Gasteiger partial charge in [0.15, 0.2) is 5.75 Å². The van der Waals surface area contributed by atoms with E-state index in [2.05, 4.69) is 14.9 Å². The van der Waals surface area contributed by atoms with Crippen LogP contribution in [0.15, 0.2) is 109 Å². The van der Waals surface area contributed by atoms with Crippen LogP contribution in [0.5, 0.6) is 11.5 Å². The number of ether oxygens (including phenoxy) is 4. The van der Waals surface area contributed by atoms with Crippen LogP contribution in [-0.4, -0.2) is 77.8 Å². The molecular formula is C44H51N3O8S. The summed E-state index contributed by atoms with van der Waals surface area (Å²) in [5, 5.41) is 3.92. The lowest BCUT2D eigenvalue weighted by Crippen LogP contribution is -2.34. The molecule has 5 rings (SSSR count). The van der Waals surface area contributed by atoms with E-state index in [0.717, 1.165) is 22.9 Å². The molecule has 0 aliphatic carbocycles. The van der Waals surface area contributed by atoms with Crippen LogP contribution >= 0.6 is 0 Å². The van der Waals surface area contributed by atoms with Crippen molar-refractivity contribution >= 4 is 43.9 Å². The van der Waals surface area contributed by atoms with Crippen LogP contribution in [0.4, 0.5) is 11.4 Å².